The second-order valence-electron chi connectivity index (χ2n) is 5.58. The number of carbonyl (C=O) groups is 1. The van der Waals surface area contributed by atoms with Gasteiger partial charge in [-0.1, -0.05) is 36.4 Å². The molecule has 7 heteroatoms. The van der Waals surface area contributed by atoms with E-state index < -0.39 is 16.1 Å². The van der Waals surface area contributed by atoms with Gasteiger partial charge in [-0.25, -0.2) is 13.2 Å². The van der Waals surface area contributed by atoms with E-state index in [-0.39, 0.29) is 6.04 Å². The predicted molar refractivity (Wildman–Crippen MR) is 91.6 cm³/mol. The lowest BCUT2D eigenvalue weighted by Gasteiger charge is -2.34. The van der Waals surface area contributed by atoms with Gasteiger partial charge in [-0.15, -0.1) is 0 Å². The first-order valence-corrected chi connectivity index (χ1v) is 9.40. The number of carbonyl (C=O) groups excluding carboxylic acids is 1. The number of hydrogen-bond acceptors (Lipinski definition) is 4. The molecule has 24 heavy (non-hydrogen) atoms. The average Bonchev–Trinajstić information content (AvgIpc) is 2.55. The van der Waals surface area contributed by atoms with Crippen molar-refractivity contribution >= 4 is 21.8 Å². The molecule has 0 aliphatic carbocycles. The molecule has 2 aromatic carbocycles. The minimum Gasteiger partial charge on any atom is -0.410 e. The predicted octanol–water partition coefficient (Wildman–Crippen LogP) is 2.69. The van der Waals surface area contributed by atoms with Crippen molar-refractivity contribution in [1.29, 1.82) is 0 Å². The van der Waals surface area contributed by atoms with E-state index in [0.717, 1.165) is 5.56 Å². The van der Waals surface area contributed by atoms with Crippen LogP contribution >= 0.6 is 0 Å². The molecule has 0 saturated carbocycles. The highest BCUT2D eigenvalue weighted by Gasteiger charge is 2.30. The summed E-state index contributed by atoms with van der Waals surface area (Å²) in [5.74, 6) is 0.455. The molecular weight excluding hydrogens is 328 g/mol. The van der Waals surface area contributed by atoms with Gasteiger partial charge in [0.25, 0.3) is 0 Å². The minimum atomic E-state index is -3.35. The monoisotopic (exact) mass is 346 g/mol. The summed E-state index contributed by atoms with van der Waals surface area (Å²) in [5.41, 5.74) is 1.36. The van der Waals surface area contributed by atoms with Gasteiger partial charge in [0.05, 0.1) is 18.0 Å². The first kappa shape index (κ1) is 16.3. The number of ether oxygens (including phenoxy) is 1. The van der Waals surface area contributed by atoms with Crippen molar-refractivity contribution in [2.45, 2.75) is 12.5 Å². The molecule has 1 N–H and O–H groups in total. The van der Waals surface area contributed by atoms with Crippen LogP contribution in [0, 0.1) is 0 Å². The maximum Gasteiger partial charge on any atom is 0.413 e. The second kappa shape index (κ2) is 6.52. The lowest BCUT2D eigenvalue weighted by Crippen LogP contribution is -2.41. The minimum absolute atomic E-state index is 0.296. The number of anilines is 1. The molecule has 3 rings (SSSR count). The highest BCUT2D eigenvalue weighted by molar-refractivity contribution is 7.92. The normalized spacial score (nSPS) is 17.0. The third-order valence-electron chi connectivity index (χ3n) is 3.85. The van der Waals surface area contributed by atoms with E-state index >= 15 is 0 Å². The zero-order valence-corrected chi connectivity index (χ0v) is 14.0. The Hall–Kier alpha value is -2.54. The number of nitrogens with one attached hydrogen (secondary N) is 1. The van der Waals surface area contributed by atoms with Gasteiger partial charge < -0.3 is 10.1 Å². The third-order valence-corrected chi connectivity index (χ3v) is 5.03. The average molecular weight is 346 g/mol. The van der Waals surface area contributed by atoms with Crippen molar-refractivity contribution in [3.8, 4) is 5.75 Å². The number of benzene rings is 2. The van der Waals surface area contributed by atoms with E-state index in [1.807, 2.05) is 18.2 Å². The summed E-state index contributed by atoms with van der Waals surface area (Å²) in [6, 6.07) is 15.7. The quantitative estimate of drug-likeness (QED) is 0.927. The van der Waals surface area contributed by atoms with Crippen molar-refractivity contribution < 1.29 is 17.9 Å². The lowest BCUT2D eigenvalue weighted by atomic mass is 9.98. The molecule has 2 aromatic rings. The standard InChI is InChI=1S/C17H18N2O4S/c1-24(21,22)19-12-11-15(14-9-5-6-10-16(14)19)18-17(20)23-13-7-3-2-4-8-13/h2-10,15H,11-12H2,1H3,(H,18,20). The molecule has 1 aliphatic rings. The largest absolute Gasteiger partial charge is 0.413 e. The number of rotatable bonds is 3. The van der Waals surface area contributed by atoms with Crippen LogP contribution in [0.5, 0.6) is 5.75 Å². The van der Waals surface area contributed by atoms with Crippen molar-refractivity contribution in [3.05, 3.63) is 60.2 Å². The number of nitrogens with zero attached hydrogens (tertiary/aromatic N) is 1. The zero-order valence-electron chi connectivity index (χ0n) is 13.2. The van der Waals surface area contributed by atoms with Crippen LogP contribution in [0.25, 0.3) is 0 Å². The molecule has 0 spiro atoms. The summed E-state index contributed by atoms with van der Waals surface area (Å²) in [6.07, 6.45) is 1.10. The number of sulfonamides is 1. The fourth-order valence-electron chi connectivity index (χ4n) is 2.79. The molecule has 0 bridgehead atoms. The van der Waals surface area contributed by atoms with Crippen molar-refractivity contribution in [2.75, 3.05) is 17.1 Å². The number of fused-ring (bicyclic) bond motifs is 1. The smallest absolute Gasteiger partial charge is 0.410 e. The van der Waals surface area contributed by atoms with E-state index in [0.29, 0.717) is 24.4 Å². The van der Waals surface area contributed by atoms with Crippen molar-refractivity contribution in [2.24, 2.45) is 0 Å². The van der Waals surface area contributed by atoms with E-state index in [1.165, 1.54) is 10.6 Å². The third kappa shape index (κ3) is 3.51. The molecule has 1 amide bonds. The van der Waals surface area contributed by atoms with E-state index in [4.69, 9.17) is 4.74 Å². The Labute approximate surface area is 141 Å². The van der Waals surface area contributed by atoms with Gasteiger partial charge in [-0.05, 0) is 30.2 Å². The Balaban J connectivity index is 1.79. The van der Waals surface area contributed by atoms with Gasteiger partial charge in [-0.3, -0.25) is 4.31 Å². The zero-order chi connectivity index (χ0) is 17.2. The van der Waals surface area contributed by atoms with Gasteiger partial charge in [-0.2, -0.15) is 0 Å². The molecule has 1 heterocycles. The first-order chi connectivity index (χ1) is 11.4. The van der Waals surface area contributed by atoms with Crippen molar-refractivity contribution in [1.82, 2.24) is 5.32 Å². The Morgan fingerprint density at radius 2 is 1.79 bits per heavy atom. The topological polar surface area (TPSA) is 75.7 Å². The van der Waals surface area contributed by atoms with Gasteiger partial charge in [0.1, 0.15) is 5.75 Å². The molecule has 1 unspecified atom stereocenters. The highest BCUT2D eigenvalue weighted by Crippen LogP contribution is 2.35. The van der Waals surface area contributed by atoms with Crippen LogP contribution in [0.3, 0.4) is 0 Å². The highest BCUT2D eigenvalue weighted by atomic mass is 32.2. The molecule has 1 atom stereocenters. The lowest BCUT2D eigenvalue weighted by molar-refractivity contribution is 0.195. The second-order valence-corrected chi connectivity index (χ2v) is 7.49. The van der Waals surface area contributed by atoms with Crippen LogP contribution < -0.4 is 14.4 Å². The van der Waals surface area contributed by atoms with Crippen LogP contribution in [0.1, 0.15) is 18.0 Å². The molecule has 0 fully saturated rings. The van der Waals surface area contributed by atoms with Gasteiger partial charge >= 0.3 is 6.09 Å². The molecular formula is C17H18N2O4S. The Morgan fingerprint density at radius 3 is 2.50 bits per heavy atom. The fraction of sp³-hybridized carbons (Fsp3) is 0.235. The van der Waals surface area contributed by atoms with Gasteiger partial charge in [0.15, 0.2) is 0 Å². The molecule has 0 aromatic heterocycles. The van der Waals surface area contributed by atoms with Crippen LogP contribution in [-0.4, -0.2) is 27.3 Å². The number of para-hydroxylation sites is 2. The Bertz CT molecular complexity index is 837. The fourth-order valence-corrected chi connectivity index (χ4v) is 3.75. The summed E-state index contributed by atoms with van der Waals surface area (Å²) >= 11 is 0. The maximum absolute atomic E-state index is 12.1. The van der Waals surface area contributed by atoms with Crippen LogP contribution in [0.15, 0.2) is 54.6 Å². The maximum atomic E-state index is 12.1. The molecule has 0 radical (unpaired) electrons. The number of hydrogen-bond donors (Lipinski definition) is 1. The summed E-state index contributed by atoms with van der Waals surface area (Å²) < 4.78 is 30.5. The molecule has 126 valence electrons. The molecule has 0 saturated heterocycles. The summed E-state index contributed by atoms with van der Waals surface area (Å²) in [4.78, 5) is 12.1. The molecule has 6 nitrogen and oxygen atoms in total. The summed E-state index contributed by atoms with van der Waals surface area (Å²) in [7, 11) is -3.35. The molecule has 1 aliphatic heterocycles. The van der Waals surface area contributed by atoms with Crippen LogP contribution in [-0.2, 0) is 10.0 Å². The Morgan fingerprint density at radius 1 is 1.12 bits per heavy atom. The van der Waals surface area contributed by atoms with E-state index in [1.54, 1.807) is 36.4 Å². The van der Waals surface area contributed by atoms with Gasteiger partial charge in [0.2, 0.25) is 10.0 Å². The summed E-state index contributed by atoms with van der Waals surface area (Å²) in [5, 5.41) is 2.81. The van der Waals surface area contributed by atoms with Gasteiger partial charge in [0, 0.05) is 6.54 Å². The van der Waals surface area contributed by atoms with Crippen LogP contribution in [0.4, 0.5) is 10.5 Å². The van der Waals surface area contributed by atoms with Crippen molar-refractivity contribution in [3.63, 3.8) is 0 Å². The first-order valence-electron chi connectivity index (χ1n) is 7.55. The number of amides is 1. The Kier molecular flexibility index (Phi) is 4.44. The van der Waals surface area contributed by atoms with Crippen LogP contribution in [0.2, 0.25) is 0 Å². The SMILES string of the molecule is CS(=O)(=O)N1CCC(NC(=O)Oc2ccccc2)c2ccccc21. The summed E-state index contributed by atoms with van der Waals surface area (Å²) in [6.45, 7) is 0.312. The van der Waals surface area contributed by atoms with E-state index in [2.05, 4.69) is 5.32 Å². The van der Waals surface area contributed by atoms with E-state index in [9.17, 15) is 13.2 Å².